The number of anilines is 1. The Bertz CT molecular complexity index is 796. The molecule has 1 aliphatic heterocycles. The number of hydrogen-bond donors (Lipinski definition) is 2. The third-order valence-corrected chi connectivity index (χ3v) is 7.69. The predicted molar refractivity (Wildman–Crippen MR) is 121 cm³/mol. The highest BCUT2D eigenvalue weighted by Crippen LogP contribution is 2.25. The van der Waals surface area contributed by atoms with E-state index in [0.29, 0.717) is 0 Å². The zero-order chi connectivity index (χ0) is 20.9. The van der Waals surface area contributed by atoms with Gasteiger partial charge in [0.15, 0.2) is 0 Å². The lowest BCUT2D eigenvalue weighted by atomic mass is 9.88. The lowest BCUT2D eigenvalue weighted by Crippen LogP contribution is -3.16. The molecule has 1 aliphatic carbocycles. The van der Waals surface area contributed by atoms with Crippen molar-refractivity contribution in [2.75, 3.05) is 31.1 Å². The summed E-state index contributed by atoms with van der Waals surface area (Å²) in [6, 6.07) is 11.5. The van der Waals surface area contributed by atoms with Crippen LogP contribution in [0.15, 0.2) is 41.8 Å². The van der Waals surface area contributed by atoms with Crippen LogP contribution in [0, 0.1) is 11.7 Å². The molecule has 30 heavy (non-hydrogen) atoms. The van der Waals surface area contributed by atoms with E-state index in [1.807, 2.05) is 12.1 Å². The molecule has 2 aliphatic rings. The van der Waals surface area contributed by atoms with Crippen LogP contribution in [0.25, 0.3) is 0 Å². The fraction of sp³-hybridized carbons (Fsp3) is 0.542. The molecular formula is C24H33FN3OS+. The van der Waals surface area contributed by atoms with Gasteiger partial charge in [0.2, 0.25) is 5.91 Å². The third kappa shape index (κ3) is 5.03. The highest BCUT2D eigenvalue weighted by Gasteiger charge is 2.35. The van der Waals surface area contributed by atoms with E-state index in [4.69, 9.17) is 0 Å². The average molecular weight is 431 g/mol. The van der Waals surface area contributed by atoms with Crippen molar-refractivity contribution in [2.45, 2.75) is 51.1 Å². The lowest BCUT2D eigenvalue weighted by Gasteiger charge is -2.39. The number of carbonyl (C=O) groups is 1. The fourth-order valence-corrected chi connectivity index (χ4v) is 6.06. The van der Waals surface area contributed by atoms with E-state index in [-0.39, 0.29) is 29.7 Å². The Morgan fingerprint density at radius 3 is 2.47 bits per heavy atom. The normalized spacial score (nSPS) is 20.7. The smallest absolute Gasteiger partial charge is 0.223 e. The van der Waals surface area contributed by atoms with E-state index in [1.165, 1.54) is 41.2 Å². The maximum absolute atomic E-state index is 13.3. The number of piperazine rings is 1. The molecule has 2 N–H and O–H groups in total. The van der Waals surface area contributed by atoms with Gasteiger partial charge in [0, 0.05) is 11.6 Å². The Morgan fingerprint density at radius 2 is 1.83 bits per heavy atom. The first-order chi connectivity index (χ1) is 14.6. The third-order valence-electron chi connectivity index (χ3n) is 6.73. The number of carbonyl (C=O) groups excluding carboxylic acids is 1. The first-order valence-electron chi connectivity index (χ1n) is 11.3. The summed E-state index contributed by atoms with van der Waals surface area (Å²) in [7, 11) is 0. The zero-order valence-corrected chi connectivity index (χ0v) is 18.6. The molecule has 2 fully saturated rings. The summed E-state index contributed by atoms with van der Waals surface area (Å²) < 4.78 is 13.3. The molecule has 162 valence electrons. The minimum Gasteiger partial charge on any atom is -0.360 e. The summed E-state index contributed by atoms with van der Waals surface area (Å²) in [6.07, 6.45) is 5.69. The van der Waals surface area contributed by atoms with Crippen LogP contribution in [0.5, 0.6) is 0 Å². The second-order valence-corrected chi connectivity index (χ2v) is 9.73. The van der Waals surface area contributed by atoms with Gasteiger partial charge in [-0.3, -0.25) is 4.79 Å². The van der Waals surface area contributed by atoms with Gasteiger partial charge in [-0.25, -0.2) is 4.39 Å². The zero-order valence-electron chi connectivity index (χ0n) is 17.8. The SMILES string of the molecule is C[C@H](NC(=O)C1CCCCC1)[C@H](c1cccs1)[NH+]1CCN(c2ccc(F)cc2)CC1. The monoisotopic (exact) mass is 430 g/mol. The summed E-state index contributed by atoms with van der Waals surface area (Å²) in [5.41, 5.74) is 1.08. The first kappa shape index (κ1) is 21.3. The van der Waals surface area contributed by atoms with E-state index in [9.17, 15) is 9.18 Å². The Kier molecular flexibility index (Phi) is 7.05. The van der Waals surface area contributed by atoms with Crippen molar-refractivity contribution in [1.29, 1.82) is 0 Å². The van der Waals surface area contributed by atoms with Crippen molar-refractivity contribution in [3.63, 3.8) is 0 Å². The van der Waals surface area contributed by atoms with Gasteiger partial charge in [-0.05, 0) is 55.5 Å². The molecule has 1 aromatic heterocycles. The standard InChI is InChI=1S/C24H32FN3OS/c1-18(26-24(29)19-6-3-2-4-7-19)23(22-8-5-17-30-22)28-15-13-27(14-16-28)21-11-9-20(25)10-12-21/h5,8-12,17-19,23H,2-4,6-7,13-16H2,1H3,(H,26,29)/p+1/t18-,23+/m0/s1. The lowest BCUT2D eigenvalue weighted by molar-refractivity contribution is -0.933. The summed E-state index contributed by atoms with van der Waals surface area (Å²) in [5.74, 6) is 0.243. The number of quaternary nitrogens is 1. The Balaban J connectivity index is 1.41. The maximum atomic E-state index is 13.3. The van der Waals surface area contributed by atoms with Crippen molar-refractivity contribution >= 4 is 22.9 Å². The summed E-state index contributed by atoms with van der Waals surface area (Å²) in [6.45, 7) is 6.05. The van der Waals surface area contributed by atoms with Crippen molar-refractivity contribution in [3.05, 3.63) is 52.5 Å². The number of halogens is 1. The molecular weight excluding hydrogens is 397 g/mol. The molecule has 0 bridgehead atoms. The molecule has 2 heterocycles. The van der Waals surface area contributed by atoms with Crippen LogP contribution in [0.1, 0.15) is 49.9 Å². The van der Waals surface area contributed by atoms with Crippen molar-refractivity contribution in [1.82, 2.24) is 5.32 Å². The summed E-state index contributed by atoms with van der Waals surface area (Å²) >= 11 is 1.79. The van der Waals surface area contributed by atoms with E-state index in [2.05, 4.69) is 34.7 Å². The summed E-state index contributed by atoms with van der Waals surface area (Å²) in [5, 5.41) is 5.51. The van der Waals surface area contributed by atoms with Crippen molar-refractivity contribution in [2.24, 2.45) is 5.92 Å². The Labute approximate surface area is 183 Å². The quantitative estimate of drug-likeness (QED) is 0.737. The predicted octanol–water partition coefficient (Wildman–Crippen LogP) is 3.42. The number of thiophene rings is 1. The minimum atomic E-state index is -0.191. The molecule has 4 rings (SSSR count). The molecule has 1 saturated carbocycles. The minimum absolute atomic E-state index is 0.102. The molecule has 1 aromatic carbocycles. The second kappa shape index (κ2) is 9.92. The molecule has 2 atom stereocenters. The number of nitrogens with zero attached hydrogens (tertiary/aromatic N) is 1. The van der Waals surface area contributed by atoms with Gasteiger partial charge in [-0.15, -0.1) is 11.3 Å². The molecule has 6 heteroatoms. The van der Waals surface area contributed by atoms with Gasteiger partial charge in [0.05, 0.1) is 37.1 Å². The van der Waals surface area contributed by atoms with Crippen molar-refractivity contribution < 1.29 is 14.1 Å². The van der Waals surface area contributed by atoms with Gasteiger partial charge >= 0.3 is 0 Å². The van der Waals surface area contributed by atoms with E-state index in [0.717, 1.165) is 44.7 Å². The van der Waals surface area contributed by atoms with Crippen LogP contribution in [-0.4, -0.2) is 38.1 Å². The van der Waals surface area contributed by atoms with Gasteiger partial charge in [0.1, 0.15) is 11.9 Å². The number of nitrogens with one attached hydrogen (secondary N) is 2. The van der Waals surface area contributed by atoms with Crippen LogP contribution >= 0.6 is 11.3 Å². The number of amides is 1. The molecule has 2 aromatic rings. The highest BCUT2D eigenvalue weighted by atomic mass is 32.1. The van der Waals surface area contributed by atoms with Gasteiger partial charge in [-0.1, -0.05) is 25.3 Å². The number of hydrogen-bond acceptors (Lipinski definition) is 3. The molecule has 1 amide bonds. The second-order valence-electron chi connectivity index (χ2n) is 8.75. The Morgan fingerprint density at radius 1 is 1.13 bits per heavy atom. The topological polar surface area (TPSA) is 36.8 Å². The maximum Gasteiger partial charge on any atom is 0.223 e. The number of rotatable bonds is 6. The van der Waals surface area contributed by atoms with Crippen LogP contribution in [-0.2, 0) is 4.79 Å². The molecule has 0 radical (unpaired) electrons. The van der Waals surface area contributed by atoms with E-state index in [1.54, 1.807) is 11.3 Å². The van der Waals surface area contributed by atoms with Crippen LogP contribution in [0.2, 0.25) is 0 Å². The van der Waals surface area contributed by atoms with Gasteiger partial charge in [-0.2, -0.15) is 0 Å². The average Bonchev–Trinajstić information content (AvgIpc) is 3.30. The molecule has 1 saturated heterocycles. The largest absolute Gasteiger partial charge is 0.360 e. The first-order valence-corrected chi connectivity index (χ1v) is 12.2. The van der Waals surface area contributed by atoms with Gasteiger partial charge < -0.3 is 15.1 Å². The van der Waals surface area contributed by atoms with E-state index < -0.39 is 0 Å². The molecule has 4 nitrogen and oxygen atoms in total. The Hall–Kier alpha value is -1.92. The number of benzene rings is 1. The van der Waals surface area contributed by atoms with Crippen LogP contribution in [0.4, 0.5) is 10.1 Å². The van der Waals surface area contributed by atoms with Crippen LogP contribution < -0.4 is 15.1 Å². The fourth-order valence-electron chi connectivity index (χ4n) is 5.07. The highest BCUT2D eigenvalue weighted by molar-refractivity contribution is 7.10. The van der Waals surface area contributed by atoms with Crippen LogP contribution in [0.3, 0.4) is 0 Å². The molecule has 0 unspecified atom stereocenters. The summed E-state index contributed by atoms with van der Waals surface area (Å²) in [4.78, 5) is 18.1. The van der Waals surface area contributed by atoms with Crippen molar-refractivity contribution in [3.8, 4) is 0 Å². The van der Waals surface area contributed by atoms with Gasteiger partial charge in [0.25, 0.3) is 0 Å². The van der Waals surface area contributed by atoms with E-state index >= 15 is 0 Å². The molecule has 0 spiro atoms.